The molecular weight excluding hydrogens is 508 g/mol. The third-order valence-electron chi connectivity index (χ3n) is 8.16. The van der Waals surface area contributed by atoms with E-state index >= 15 is 0 Å². The molecule has 1 aromatic heterocycles. The minimum Gasteiger partial charge on any atom is -0.457 e. The number of hydrogen-bond acceptors (Lipinski definition) is 7. The van der Waals surface area contributed by atoms with E-state index in [2.05, 4.69) is 22.1 Å². The number of nitrogens with zero attached hydrogens (tertiary/aromatic N) is 4. The molecule has 2 aromatic rings. The summed E-state index contributed by atoms with van der Waals surface area (Å²) in [6.45, 7) is 10.9. The Morgan fingerprint density at radius 3 is 2.58 bits per heavy atom. The number of aryl methyl sites for hydroxylation is 2. The minimum atomic E-state index is -0.817. The van der Waals surface area contributed by atoms with E-state index in [0.29, 0.717) is 25.9 Å². The molecule has 0 saturated carbocycles. The van der Waals surface area contributed by atoms with Gasteiger partial charge in [0.15, 0.2) is 0 Å². The fourth-order valence-corrected chi connectivity index (χ4v) is 5.52. The summed E-state index contributed by atoms with van der Waals surface area (Å²) in [6, 6.07) is 6.18. The van der Waals surface area contributed by atoms with Crippen molar-refractivity contribution in [2.45, 2.75) is 65.3 Å². The lowest BCUT2D eigenvalue weighted by Crippen LogP contribution is -2.48. The molecule has 1 saturated heterocycles. The van der Waals surface area contributed by atoms with Crippen molar-refractivity contribution in [3.05, 3.63) is 47.2 Å². The van der Waals surface area contributed by atoms with E-state index in [9.17, 15) is 14.7 Å². The Hall–Kier alpha value is -3.17. The van der Waals surface area contributed by atoms with Crippen molar-refractivity contribution >= 4 is 29.0 Å². The fraction of sp³-hybridized carbons (Fsp3) is 0.581. The first-order chi connectivity index (χ1) is 19.0. The average Bonchev–Trinajstić information content (AvgIpc) is 3.20. The standard InChI is InChI=1S/C31H44N4O5/c1-20-7-10-25(36)19-29(37)40-30(22(3)17-24-9-11-26-23(4)32-34(6)27(26)18-24)21(2)8-12-28(20)39-31(38)35-15-13-33(5)14-16-35/h8-9,11-12,17-18,20-21,25,28,30,36H,7,10,13-16,19H2,1-6H3/b12-8+,22-17+/t20-,21-,25+,28-,30-/m0/s1. The van der Waals surface area contributed by atoms with Gasteiger partial charge in [0.05, 0.1) is 23.7 Å². The van der Waals surface area contributed by atoms with Crippen LogP contribution in [0.2, 0.25) is 0 Å². The van der Waals surface area contributed by atoms with Crippen LogP contribution in [0.4, 0.5) is 4.79 Å². The zero-order valence-electron chi connectivity index (χ0n) is 24.7. The van der Waals surface area contributed by atoms with E-state index < -0.39 is 24.3 Å². The number of carbonyl (C=O) groups is 2. The topological polar surface area (TPSA) is 97.1 Å². The highest BCUT2D eigenvalue weighted by Gasteiger charge is 2.29. The van der Waals surface area contributed by atoms with Crippen LogP contribution >= 0.6 is 0 Å². The van der Waals surface area contributed by atoms with Gasteiger partial charge in [0, 0.05) is 44.5 Å². The highest BCUT2D eigenvalue weighted by Crippen LogP contribution is 2.27. The average molecular weight is 553 g/mol. The van der Waals surface area contributed by atoms with Crippen LogP contribution < -0.4 is 0 Å². The highest BCUT2D eigenvalue weighted by molar-refractivity contribution is 5.84. The summed E-state index contributed by atoms with van der Waals surface area (Å²) in [5, 5.41) is 16.2. The molecule has 0 radical (unpaired) electrons. The number of likely N-dealkylation sites (N-methyl/N-ethyl adjacent to an activating group) is 1. The molecule has 0 spiro atoms. The Labute approximate surface area is 237 Å². The van der Waals surface area contributed by atoms with Gasteiger partial charge < -0.3 is 24.4 Å². The summed E-state index contributed by atoms with van der Waals surface area (Å²) in [7, 11) is 3.97. The van der Waals surface area contributed by atoms with Crippen LogP contribution in [0.3, 0.4) is 0 Å². The summed E-state index contributed by atoms with van der Waals surface area (Å²) in [5.74, 6) is -0.625. The van der Waals surface area contributed by atoms with E-state index in [1.54, 1.807) is 4.90 Å². The second-order valence-corrected chi connectivity index (χ2v) is 11.6. The molecule has 1 N–H and O–H groups in total. The number of benzene rings is 1. The number of aliphatic hydroxyl groups is 1. The Morgan fingerprint density at radius 2 is 1.85 bits per heavy atom. The van der Waals surface area contributed by atoms with Crippen LogP contribution in [-0.2, 0) is 21.3 Å². The predicted molar refractivity (Wildman–Crippen MR) is 156 cm³/mol. The van der Waals surface area contributed by atoms with Crippen molar-refractivity contribution in [1.82, 2.24) is 19.6 Å². The quantitative estimate of drug-likeness (QED) is 0.447. The van der Waals surface area contributed by atoms with Crippen molar-refractivity contribution in [1.29, 1.82) is 0 Å². The van der Waals surface area contributed by atoms with E-state index in [0.717, 1.165) is 40.8 Å². The van der Waals surface area contributed by atoms with E-state index in [1.165, 1.54) is 0 Å². The van der Waals surface area contributed by atoms with Gasteiger partial charge in [-0.25, -0.2) is 4.79 Å². The molecule has 5 atom stereocenters. The third kappa shape index (κ3) is 7.31. The Kier molecular flexibility index (Phi) is 9.68. The fourth-order valence-electron chi connectivity index (χ4n) is 5.52. The lowest BCUT2D eigenvalue weighted by Gasteiger charge is -2.33. The summed E-state index contributed by atoms with van der Waals surface area (Å²) < 4.78 is 13.8. The predicted octanol–water partition coefficient (Wildman–Crippen LogP) is 4.32. The maximum atomic E-state index is 13.0. The van der Waals surface area contributed by atoms with Gasteiger partial charge in [-0.05, 0) is 62.9 Å². The first-order valence-corrected chi connectivity index (χ1v) is 14.3. The molecule has 1 aromatic carbocycles. The molecule has 218 valence electrons. The second-order valence-electron chi connectivity index (χ2n) is 11.6. The third-order valence-corrected chi connectivity index (χ3v) is 8.16. The van der Waals surface area contributed by atoms with E-state index in [4.69, 9.17) is 9.47 Å². The number of ether oxygens (including phenoxy) is 2. The molecule has 1 fully saturated rings. The maximum Gasteiger partial charge on any atom is 0.410 e. The summed E-state index contributed by atoms with van der Waals surface area (Å²) in [5.41, 5.74) is 3.88. The second kappa shape index (κ2) is 13.0. The Balaban J connectivity index is 1.58. The molecule has 2 aliphatic heterocycles. The molecule has 9 heteroatoms. The normalized spacial score (nSPS) is 28.5. The van der Waals surface area contributed by atoms with Crippen molar-refractivity contribution in [3.8, 4) is 0 Å². The number of rotatable bonds is 3. The van der Waals surface area contributed by atoms with E-state index in [1.807, 2.05) is 70.8 Å². The van der Waals surface area contributed by atoms with Gasteiger partial charge in [0.2, 0.25) is 0 Å². The lowest BCUT2D eigenvalue weighted by atomic mass is 9.91. The molecule has 4 rings (SSSR count). The zero-order chi connectivity index (χ0) is 29.0. The van der Waals surface area contributed by atoms with Crippen LogP contribution in [0.15, 0.2) is 35.9 Å². The van der Waals surface area contributed by atoms with E-state index in [-0.39, 0.29) is 24.3 Å². The van der Waals surface area contributed by atoms with Gasteiger partial charge in [0.25, 0.3) is 0 Å². The van der Waals surface area contributed by atoms with Crippen LogP contribution in [0.25, 0.3) is 17.0 Å². The number of hydrogen-bond donors (Lipinski definition) is 1. The number of amides is 1. The van der Waals surface area contributed by atoms with Gasteiger partial charge >= 0.3 is 12.1 Å². The van der Waals surface area contributed by atoms with Crippen LogP contribution in [0.1, 0.15) is 51.3 Å². The first-order valence-electron chi connectivity index (χ1n) is 14.3. The monoisotopic (exact) mass is 552 g/mol. The lowest BCUT2D eigenvalue weighted by molar-refractivity contribution is -0.151. The molecular formula is C31H44N4O5. The highest BCUT2D eigenvalue weighted by atomic mass is 16.6. The van der Waals surface area contributed by atoms with Gasteiger partial charge in [-0.1, -0.05) is 38.1 Å². The maximum absolute atomic E-state index is 13.0. The number of aromatic nitrogens is 2. The zero-order valence-corrected chi connectivity index (χ0v) is 24.7. The first kappa shape index (κ1) is 29.8. The molecule has 0 bridgehead atoms. The number of carbonyl (C=O) groups excluding carboxylic acids is 2. The SMILES string of the molecule is C/C(=C\c1ccc2c(C)nn(C)c2c1)[C@H]1OC(=O)C[C@H](O)CC[C@H](C)[C@@H](OC(=O)N2CCN(C)CC2)/C=C/[C@@H]1C. The van der Waals surface area contributed by atoms with Gasteiger partial charge in [-0.3, -0.25) is 9.48 Å². The number of aliphatic hydroxyl groups excluding tert-OH is 1. The van der Waals surface area contributed by atoms with Crippen molar-refractivity contribution < 1.29 is 24.2 Å². The van der Waals surface area contributed by atoms with Gasteiger partial charge in [-0.15, -0.1) is 0 Å². The van der Waals surface area contributed by atoms with Crippen LogP contribution in [0, 0.1) is 18.8 Å². The van der Waals surface area contributed by atoms with Crippen molar-refractivity contribution in [3.63, 3.8) is 0 Å². The molecule has 1 amide bonds. The van der Waals surface area contributed by atoms with Crippen molar-refractivity contribution in [2.75, 3.05) is 33.2 Å². The van der Waals surface area contributed by atoms with Gasteiger partial charge in [0.1, 0.15) is 12.2 Å². The summed E-state index contributed by atoms with van der Waals surface area (Å²) in [4.78, 5) is 29.8. The molecule has 0 aliphatic carbocycles. The molecule has 2 aliphatic rings. The minimum absolute atomic E-state index is 0.0193. The summed E-state index contributed by atoms with van der Waals surface area (Å²) >= 11 is 0. The smallest absolute Gasteiger partial charge is 0.410 e. The number of cyclic esters (lactones) is 1. The van der Waals surface area contributed by atoms with Gasteiger partial charge in [-0.2, -0.15) is 5.10 Å². The van der Waals surface area contributed by atoms with Crippen LogP contribution in [-0.4, -0.2) is 88.3 Å². The Morgan fingerprint density at radius 1 is 1.12 bits per heavy atom. The molecule has 40 heavy (non-hydrogen) atoms. The summed E-state index contributed by atoms with van der Waals surface area (Å²) in [6.07, 6.45) is 4.80. The molecule has 0 unspecified atom stereocenters. The van der Waals surface area contributed by atoms with Crippen LogP contribution in [0.5, 0.6) is 0 Å². The van der Waals surface area contributed by atoms with Crippen molar-refractivity contribution in [2.24, 2.45) is 18.9 Å². The number of fused-ring (bicyclic) bond motifs is 1. The number of piperazine rings is 1. The largest absolute Gasteiger partial charge is 0.457 e. The molecule has 9 nitrogen and oxygen atoms in total. The Bertz CT molecular complexity index is 1260. The molecule has 3 heterocycles. The number of esters is 1.